The molecule has 20 heavy (non-hydrogen) atoms. The number of carbonyl (C=O) groups excluding carboxylic acids is 2. The number of nitrogens with one attached hydrogen (secondary N) is 1. The molecule has 0 saturated carbocycles. The van der Waals surface area contributed by atoms with Crippen LogP contribution in [0, 0.1) is 5.41 Å². The van der Waals surface area contributed by atoms with Crippen LogP contribution in [0.2, 0.25) is 0 Å². The van der Waals surface area contributed by atoms with Gasteiger partial charge in [0, 0.05) is 12.0 Å². The van der Waals surface area contributed by atoms with Gasteiger partial charge in [-0.2, -0.15) is 0 Å². The molecule has 1 N–H and O–H groups in total. The highest BCUT2D eigenvalue weighted by Gasteiger charge is 2.44. The summed E-state index contributed by atoms with van der Waals surface area (Å²) < 4.78 is 15.6. The van der Waals surface area contributed by atoms with Gasteiger partial charge in [0.1, 0.15) is 11.6 Å². The van der Waals surface area contributed by atoms with Gasteiger partial charge in [-0.05, 0) is 34.1 Å². The van der Waals surface area contributed by atoms with Crippen molar-refractivity contribution >= 4 is 12.1 Å². The van der Waals surface area contributed by atoms with Gasteiger partial charge in [-0.1, -0.05) is 6.92 Å². The van der Waals surface area contributed by atoms with E-state index in [0.717, 1.165) is 0 Å². The predicted molar refractivity (Wildman–Crippen MR) is 73.3 cm³/mol. The molecule has 0 aromatic carbocycles. The first-order chi connectivity index (χ1) is 9.18. The van der Waals surface area contributed by atoms with Gasteiger partial charge >= 0.3 is 12.1 Å². The van der Waals surface area contributed by atoms with Crippen molar-refractivity contribution in [3.63, 3.8) is 0 Å². The summed E-state index contributed by atoms with van der Waals surface area (Å²) in [7, 11) is 0. The van der Waals surface area contributed by atoms with E-state index in [2.05, 4.69) is 5.32 Å². The summed E-state index contributed by atoms with van der Waals surface area (Å²) in [6.45, 7) is 10.2. The van der Waals surface area contributed by atoms with E-state index in [4.69, 9.17) is 14.2 Å². The molecule has 6 nitrogen and oxygen atoms in total. The Balaban J connectivity index is 2.78. The van der Waals surface area contributed by atoms with Crippen LogP contribution in [-0.4, -0.2) is 43.5 Å². The zero-order chi connectivity index (χ0) is 15.4. The number of ether oxygens (including phenoxy) is 3. The Labute approximate surface area is 120 Å². The van der Waals surface area contributed by atoms with Gasteiger partial charge in [0.05, 0.1) is 13.2 Å². The third-order valence-corrected chi connectivity index (χ3v) is 3.13. The lowest BCUT2D eigenvalue weighted by Crippen LogP contribution is -2.53. The molecule has 1 aliphatic rings. The molecule has 0 bridgehead atoms. The van der Waals surface area contributed by atoms with E-state index in [9.17, 15) is 9.59 Å². The SMILES string of the molecule is CCOC(=O)C(NC(=O)OC(C)(C)C)C1(C)CCOC1. The highest BCUT2D eigenvalue weighted by Crippen LogP contribution is 2.32. The average molecular weight is 287 g/mol. The summed E-state index contributed by atoms with van der Waals surface area (Å²) in [5.41, 5.74) is -1.08. The summed E-state index contributed by atoms with van der Waals surface area (Å²) in [4.78, 5) is 24.0. The van der Waals surface area contributed by atoms with Crippen LogP contribution in [0.3, 0.4) is 0 Å². The van der Waals surface area contributed by atoms with Gasteiger partial charge in [0.25, 0.3) is 0 Å². The molecule has 0 aromatic heterocycles. The monoisotopic (exact) mass is 287 g/mol. The molecule has 0 aromatic rings. The Morgan fingerprint density at radius 1 is 1.40 bits per heavy atom. The van der Waals surface area contributed by atoms with Crippen LogP contribution >= 0.6 is 0 Å². The normalized spacial score (nSPS) is 24.1. The molecular weight excluding hydrogens is 262 g/mol. The lowest BCUT2D eigenvalue weighted by Gasteiger charge is -2.32. The van der Waals surface area contributed by atoms with Crippen molar-refractivity contribution in [2.45, 2.75) is 52.7 Å². The average Bonchev–Trinajstić information content (AvgIpc) is 2.72. The molecule has 0 radical (unpaired) electrons. The van der Waals surface area contributed by atoms with Crippen LogP contribution in [0.5, 0.6) is 0 Å². The second-order valence-electron chi connectivity index (χ2n) is 6.29. The lowest BCUT2D eigenvalue weighted by atomic mass is 9.81. The molecule has 1 heterocycles. The van der Waals surface area contributed by atoms with Crippen molar-refractivity contribution in [1.29, 1.82) is 0 Å². The molecule has 1 saturated heterocycles. The predicted octanol–water partition coefficient (Wildman–Crippen LogP) is 1.87. The van der Waals surface area contributed by atoms with Gasteiger partial charge in [-0.25, -0.2) is 9.59 Å². The smallest absolute Gasteiger partial charge is 0.408 e. The molecule has 1 fully saturated rings. The maximum atomic E-state index is 12.1. The van der Waals surface area contributed by atoms with Crippen LogP contribution in [0.4, 0.5) is 4.79 Å². The van der Waals surface area contributed by atoms with E-state index >= 15 is 0 Å². The zero-order valence-electron chi connectivity index (χ0n) is 12.9. The second kappa shape index (κ2) is 6.43. The van der Waals surface area contributed by atoms with Crippen molar-refractivity contribution in [1.82, 2.24) is 5.32 Å². The molecule has 6 heteroatoms. The fourth-order valence-electron chi connectivity index (χ4n) is 2.08. The molecular formula is C14H25NO5. The van der Waals surface area contributed by atoms with Gasteiger partial charge in [-0.3, -0.25) is 0 Å². The van der Waals surface area contributed by atoms with Crippen molar-refractivity contribution in [3.05, 3.63) is 0 Å². The van der Waals surface area contributed by atoms with Gasteiger partial charge in [-0.15, -0.1) is 0 Å². The van der Waals surface area contributed by atoms with Gasteiger partial charge in [0.2, 0.25) is 0 Å². The Kier molecular flexibility index (Phi) is 5.39. The Morgan fingerprint density at radius 2 is 2.05 bits per heavy atom. The van der Waals surface area contributed by atoms with E-state index in [1.165, 1.54) is 0 Å². The molecule has 0 spiro atoms. The first kappa shape index (κ1) is 16.8. The minimum absolute atomic E-state index is 0.266. The summed E-state index contributed by atoms with van der Waals surface area (Å²) in [6, 6.07) is -0.764. The van der Waals surface area contributed by atoms with Crippen molar-refractivity contribution in [3.8, 4) is 0 Å². The van der Waals surface area contributed by atoms with Crippen LogP contribution in [0.25, 0.3) is 0 Å². The molecule has 2 unspecified atom stereocenters. The van der Waals surface area contributed by atoms with E-state index in [0.29, 0.717) is 19.6 Å². The maximum Gasteiger partial charge on any atom is 0.408 e. The highest BCUT2D eigenvalue weighted by molar-refractivity contribution is 5.82. The number of hydrogen-bond donors (Lipinski definition) is 1. The minimum Gasteiger partial charge on any atom is -0.464 e. The number of amides is 1. The third-order valence-electron chi connectivity index (χ3n) is 3.13. The summed E-state index contributed by atoms with van der Waals surface area (Å²) in [6.07, 6.45) is 0.0652. The maximum absolute atomic E-state index is 12.1. The third kappa shape index (κ3) is 4.67. The fourth-order valence-corrected chi connectivity index (χ4v) is 2.08. The minimum atomic E-state index is -0.764. The Hall–Kier alpha value is -1.30. The Morgan fingerprint density at radius 3 is 2.50 bits per heavy atom. The second-order valence-corrected chi connectivity index (χ2v) is 6.29. The number of rotatable bonds is 4. The summed E-state index contributed by atoms with van der Waals surface area (Å²) >= 11 is 0. The number of esters is 1. The van der Waals surface area contributed by atoms with Crippen LogP contribution < -0.4 is 5.32 Å². The van der Waals surface area contributed by atoms with Crippen molar-refractivity contribution < 1.29 is 23.8 Å². The highest BCUT2D eigenvalue weighted by atomic mass is 16.6. The van der Waals surface area contributed by atoms with Crippen LogP contribution in [0.1, 0.15) is 41.0 Å². The Bertz CT molecular complexity index is 355. The van der Waals surface area contributed by atoms with Crippen LogP contribution in [0.15, 0.2) is 0 Å². The van der Waals surface area contributed by atoms with E-state index in [-0.39, 0.29) is 6.61 Å². The van der Waals surface area contributed by atoms with E-state index in [1.54, 1.807) is 27.7 Å². The van der Waals surface area contributed by atoms with E-state index in [1.807, 2.05) is 6.92 Å². The first-order valence-electron chi connectivity index (χ1n) is 6.92. The van der Waals surface area contributed by atoms with Gasteiger partial charge < -0.3 is 19.5 Å². The first-order valence-corrected chi connectivity index (χ1v) is 6.92. The molecule has 1 aliphatic heterocycles. The zero-order valence-corrected chi connectivity index (χ0v) is 12.9. The quantitative estimate of drug-likeness (QED) is 0.799. The molecule has 2 atom stereocenters. The molecule has 1 rings (SSSR count). The largest absolute Gasteiger partial charge is 0.464 e. The van der Waals surface area contributed by atoms with Crippen molar-refractivity contribution in [2.24, 2.45) is 5.41 Å². The standard InChI is InChI=1S/C14H25NO5/c1-6-19-11(16)10(14(5)7-8-18-9-14)15-12(17)20-13(2,3)4/h10H,6-9H2,1-5H3,(H,15,17). The fraction of sp³-hybridized carbons (Fsp3) is 0.857. The van der Waals surface area contributed by atoms with Crippen molar-refractivity contribution in [2.75, 3.05) is 19.8 Å². The number of carbonyl (C=O) groups is 2. The summed E-state index contributed by atoms with van der Waals surface area (Å²) in [5, 5.41) is 2.62. The number of alkyl carbamates (subject to hydrolysis) is 1. The van der Waals surface area contributed by atoms with E-state index < -0.39 is 29.1 Å². The van der Waals surface area contributed by atoms with Gasteiger partial charge in [0.15, 0.2) is 0 Å². The topological polar surface area (TPSA) is 73.9 Å². The molecule has 116 valence electrons. The lowest BCUT2D eigenvalue weighted by molar-refractivity contribution is -0.149. The molecule has 0 aliphatic carbocycles. The molecule has 1 amide bonds. The summed E-state index contributed by atoms with van der Waals surface area (Å²) in [5.74, 6) is -0.452. The van der Waals surface area contributed by atoms with Crippen LogP contribution in [-0.2, 0) is 19.0 Å². The number of hydrogen-bond acceptors (Lipinski definition) is 5.